The lowest BCUT2D eigenvalue weighted by atomic mass is 9.81. The summed E-state index contributed by atoms with van der Waals surface area (Å²) in [5, 5.41) is 0. The Kier molecular flexibility index (Phi) is 5.18. The number of carbonyl (C=O) groups is 3. The van der Waals surface area contributed by atoms with E-state index in [1.54, 1.807) is 12.1 Å². The molecule has 0 unspecified atom stereocenters. The van der Waals surface area contributed by atoms with Gasteiger partial charge in [-0.25, -0.2) is 4.79 Å². The average Bonchev–Trinajstić information content (AvgIpc) is 2.87. The summed E-state index contributed by atoms with van der Waals surface area (Å²) in [5.74, 6) is -0.594. The number of amides is 2. The predicted octanol–water partition coefficient (Wildman–Crippen LogP) is 2.04. The van der Waals surface area contributed by atoms with Gasteiger partial charge in [-0.1, -0.05) is 25.0 Å². The molecule has 1 aliphatic carbocycles. The lowest BCUT2D eigenvalue weighted by molar-refractivity contribution is -0.142. The van der Waals surface area contributed by atoms with Gasteiger partial charge in [-0.3, -0.25) is 19.4 Å². The van der Waals surface area contributed by atoms with Crippen LogP contribution < -0.4 is 0 Å². The van der Waals surface area contributed by atoms with Crippen molar-refractivity contribution in [2.45, 2.75) is 32.2 Å². The number of hydrogen-bond acceptors (Lipinski definition) is 5. The van der Waals surface area contributed by atoms with Crippen molar-refractivity contribution in [3.8, 4) is 0 Å². The smallest absolute Gasteiger partial charge is 0.337 e. The second-order valence-corrected chi connectivity index (χ2v) is 6.95. The molecule has 1 aliphatic heterocycles. The number of benzene rings is 1. The van der Waals surface area contributed by atoms with E-state index < -0.39 is 0 Å². The molecule has 2 amide bonds. The minimum Gasteiger partial charge on any atom is -0.465 e. The van der Waals surface area contributed by atoms with Gasteiger partial charge < -0.3 is 4.74 Å². The first-order valence-corrected chi connectivity index (χ1v) is 8.72. The molecule has 1 aromatic rings. The normalized spacial score (nSPS) is 23.1. The van der Waals surface area contributed by atoms with Gasteiger partial charge in [-0.2, -0.15) is 0 Å². The molecule has 1 heterocycles. The van der Waals surface area contributed by atoms with Crippen LogP contribution in [0.2, 0.25) is 0 Å². The summed E-state index contributed by atoms with van der Waals surface area (Å²) in [6.45, 7) is 0.900. The molecule has 6 nitrogen and oxygen atoms in total. The minimum atomic E-state index is -0.365. The number of hydrogen-bond donors (Lipinski definition) is 0. The summed E-state index contributed by atoms with van der Waals surface area (Å²) in [6.07, 6.45) is 3.75. The van der Waals surface area contributed by atoms with Crippen LogP contribution in [0.1, 0.15) is 41.6 Å². The highest BCUT2D eigenvalue weighted by Gasteiger charge is 2.48. The van der Waals surface area contributed by atoms with E-state index in [9.17, 15) is 14.4 Å². The average molecular weight is 344 g/mol. The van der Waals surface area contributed by atoms with Crippen molar-refractivity contribution in [3.05, 3.63) is 35.4 Å². The van der Waals surface area contributed by atoms with Gasteiger partial charge in [-0.15, -0.1) is 0 Å². The van der Waals surface area contributed by atoms with Crippen molar-refractivity contribution >= 4 is 17.8 Å². The zero-order valence-electron chi connectivity index (χ0n) is 14.7. The van der Waals surface area contributed by atoms with E-state index in [0.29, 0.717) is 18.8 Å². The highest BCUT2D eigenvalue weighted by Crippen LogP contribution is 2.37. The molecule has 25 heavy (non-hydrogen) atoms. The molecule has 6 heteroatoms. The lowest BCUT2D eigenvalue weighted by Gasteiger charge is -2.23. The van der Waals surface area contributed by atoms with Crippen LogP contribution in [-0.2, 0) is 20.9 Å². The Morgan fingerprint density at radius 1 is 1.12 bits per heavy atom. The molecule has 0 spiro atoms. The number of imide groups is 1. The Balaban J connectivity index is 1.60. The molecule has 1 saturated carbocycles. The fourth-order valence-electron chi connectivity index (χ4n) is 3.84. The summed E-state index contributed by atoms with van der Waals surface area (Å²) in [4.78, 5) is 39.9. The monoisotopic (exact) mass is 344 g/mol. The number of esters is 1. The first-order chi connectivity index (χ1) is 12.0. The molecule has 0 N–H and O–H groups in total. The maximum absolute atomic E-state index is 12.5. The highest BCUT2D eigenvalue weighted by atomic mass is 16.5. The maximum Gasteiger partial charge on any atom is 0.337 e. The van der Waals surface area contributed by atoms with Gasteiger partial charge in [0, 0.05) is 6.54 Å². The fourth-order valence-corrected chi connectivity index (χ4v) is 3.84. The molecule has 0 aromatic heterocycles. The van der Waals surface area contributed by atoms with Gasteiger partial charge in [0.1, 0.15) is 0 Å². The van der Waals surface area contributed by atoms with Crippen LogP contribution in [0.3, 0.4) is 0 Å². The predicted molar refractivity (Wildman–Crippen MR) is 91.4 cm³/mol. The SMILES string of the molecule is COC(=O)c1ccc(CN(C)CN2C(=O)[C@@H]3CCCC[C@H]3C2=O)cc1. The maximum atomic E-state index is 12.5. The molecule has 134 valence electrons. The number of methoxy groups -OCH3 is 1. The van der Waals surface area contributed by atoms with E-state index in [0.717, 1.165) is 31.2 Å². The Morgan fingerprint density at radius 2 is 1.68 bits per heavy atom. The zero-order chi connectivity index (χ0) is 18.0. The zero-order valence-corrected chi connectivity index (χ0v) is 14.7. The van der Waals surface area contributed by atoms with Crippen LogP contribution in [-0.4, -0.2) is 48.4 Å². The molecule has 1 aromatic carbocycles. The first-order valence-electron chi connectivity index (χ1n) is 8.72. The molecule has 2 atom stereocenters. The Bertz CT molecular complexity index is 647. The van der Waals surface area contributed by atoms with Gasteiger partial charge in [0.15, 0.2) is 0 Å². The third kappa shape index (κ3) is 3.58. The van der Waals surface area contributed by atoms with Crippen LogP contribution in [0, 0.1) is 11.8 Å². The molecular formula is C19H24N2O4. The molecule has 2 fully saturated rings. The second kappa shape index (κ2) is 7.35. The third-order valence-corrected chi connectivity index (χ3v) is 5.14. The summed E-state index contributed by atoms with van der Waals surface area (Å²) in [6, 6.07) is 7.15. The second-order valence-electron chi connectivity index (χ2n) is 6.95. The van der Waals surface area contributed by atoms with Crippen molar-refractivity contribution in [1.82, 2.24) is 9.80 Å². The number of ether oxygens (including phenoxy) is 1. The highest BCUT2D eigenvalue weighted by molar-refractivity contribution is 6.05. The van der Waals surface area contributed by atoms with Crippen LogP contribution in [0.25, 0.3) is 0 Å². The van der Waals surface area contributed by atoms with E-state index >= 15 is 0 Å². The number of rotatable bonds is 5. The molecule has 3 rings (SSSR count). The molecule has 0 bridgehead atoms. The number of fused-ring (bicyclic) bond motifs is 1. The van der Waals surface area contributed by atoms with Crippen molar-refractivity contribution in [3.63, 3.8) is 0 Å². The number of nitrogens with zero attached hydrogens (tertiary/aromatic N) is 2. The van der Waals surface area contributed by atoms with Gasteiger partial charge >= 0.3 is 5.97 Å². The summed E-state index contributed by atoms with van der Waals surface area (Å²) < 4.78 is 4.68. The van der Waals surface area contributed by atoms with Gasteiger partial charge in [0.25, 0.3) is 0 Å². The summed E-state index contributed by atoms with van der Waals surface area (Å²) in [5.41, 5.74) is 1.51. The molecule has 1 saturated heterocycles. The molecule has 0 radical (unpaired) electrons. The van der Waals surface area contributed by atoms with Gasteiger partial charge in [0.05, 0.1) is 31.2 Å². The number of likely N-dealkylation sites (tertiary alicyclic amines) is 1. The van der Waals surface area contributed by atoms with E-state index in [-0.39, 0.29) is 29.6 Å². The lowest BCUT2D eigenvalue weighted by Crippen LogP contribution is -2.40. The minimum absolute atomic E-state index is 0.0115. The van der Waals surface area contributed by atoms with E-state index in [1.165, 1.54) is 12.0 Å². The molecular weight excluding hydrogens is 320 g/mol. The summed E-state index contributed by atoms with van der Waals surface area (Å²) >= 11 is 0. The first kappa shape index (κ1) is 17.6. The fraction of sp³-hybridized carbons (Fsp3) is 0.526. The molecule has 2 aliphatic rings. The third-order valence-electron chi connectivity index (χ3n) is 5.14. The van der Waals surface area contributed by atoms with E-state index in [2.05, 4.69) is 4.74 Å². The quantitative estimate of drug-likeness (QED) is 0.604. The van der Waals surface area contributed by atoms with Crippen molar-refractivity contribution in [2.24, 2.45) is 11.8 Å². The van der Waals surface area contributed by atoms with Crippen molar-refractivity contribution in [2.75, 3.05) is 20.8 Å². The summed E-state index contributed by atoms with van der Waals surface area (Å²) in [7, 11) is 3.24. The van der Waals surface area contributed by atoms with E-state index in [4.69, 9.17) is 0 Å². The van der Waals surface area contributed by atoms with Crippen molar-refractivity contribution < 1.29 is 19.1 Å². The Labute approximate surface area is 147 Å². The van der Waals surface area contributed by atoms with Gasteiger partial charge in [0.2, 0.25) is 11.8 Å². The van der Waals surface area contributed by atoms with Crippen LogP contribution in [0.5, 0.6) is 0 Å². The largest absolute Gasteiger partial charge is 0.465 e. The van der Waals surface area contributed by atoms with E-state index in [1.807, 2.05) is 24.1 Å². The Hall–Kier alpha value is -2.21. The van der Waals surface area contributed by atoms with Crippen LogP contribution >= 0.6 is 0 Å². The van der Waals surface area contributed by atoms with Crippen LogP contribution in [0.15, 0.2) is 24.3 Å². The Morgan fingerprint density at radius 3 is 2.20 bits per heavy atom. The standard InChI is InChI=1S/C19H24N2O4/c1-20(11-13-7-9-14(10-8-13)19(24)25-2)12-21-17(22)15-5-3-4-6-16(15)18(21)23/h7-10,15-16H,3-6,11-12H2,1-2H3/t15-,16-/m1/s1. The topological polar surface area (TPSA) is 66.9 Å². The van der Waals surface area contributed by atoms with Crippen molar-refractivity contribution in [1.29, 1.82) is 0 Å². The number of carbonyl (C=O) groups excluding carboxylic acids is 3. The van der Waals surface area contributed by atoms with Gasteiger partial charge in [-0.05, 0) is 37.6 Å². The van der Waals surface area contributed by atoms with Crippen LogP contribution in [0.4, 0.5) is 0 Å².